The van der Waals surface area contributed by atoms with Gasteiger partial charge in [0.1, 0.15) is 0 Å². The minimum atomic E-state index is 0.281. The van der Waals surface area contributed by atoms with Gasteiger partial charge in [0, 0.05) is 0 Å². The molecule has 1 rings (SSSR count). The molecule has 1 aliphatic rings. The van der Waals surface area contributed by atoms with E-state index in [4.69, 9.17) is 0 Å². The summed E-state index contributed by atoms with van der Waals surface area (Å²) in [6.45, 7) is 6.79. The fourth-order valence-electron chi connectivity index (χ4n) is 1.55. The number of rotatable bonds is 0. The highest BCUT2D eigenvalue weighted by atomic mass is 15.3. The first-order chi connectivity index (χ1) is 5.39. The molecule has 0 unspecified atom stereocenters. The zero-order valence-electron chi connectivity index (χ0n) is 8.96. The first-order valence-corrected chi connectivity index (χ1v) is 4.52. The van der Waals surface area contributed by atoms with Gasteiger partial charge in [0.05, 0.1) is 0 Å². The van der Waals surface area contributed by atoms with Crippen LogP contribution in [0.4, 0.5) is 0 Å². The summed E-state index contributed by atoms with van der Waals surface area (Å²) in [4.78, 5) is 0. The molecule has 0 aliphatic carbocycles. The van der Waals surface area contributed by atoms with Crippen LogP contribution in [0.1, 0.15) is 20.8 Å². The molecule has 1 saturated heterocycles. The maximum atomic E-state index is 2.47. The Morgan fingerprint density at radius 3 is 1.58 bits per heavy atom. The van der Waals surface area contributed by atoms with E-state index in [1.165, 1.54) is 0 Å². The van der Waals surface area contributed by atoms with E-state index in [-0.39, 0.29) is 5.54 Å². The number of hydrogen-bond donors (Lipinski definition) is 0. The van der Waals surface area contributed by atoms with Gasteiger partial charge >= 0.3 is 0 Å². The largest absolute Gasteiger partial charge is 0.366 e. The smallest absolute Gasteiger partial charge is 0.270 e. The van der Waals surface area contributed by atoms with Crippen LogP contribution >= 0.6 is 0 Å². The van der Waals surface area contributed by atoms with Gasteiger partial charge in [-0.05, 0) is 40.4 Å². The Bertz CT molecular complexity index is 149. The summed E-state index contributed by atoms with van der Waals surface area (Å²) in [5, 5.41) is 0. The number of hydrogen-bond acceptors (Lipinski definition) is 3. The lowest BCUT2D eigenvalue weighted by Gasteiger charge is -2.44. The molecule has 0 aromatic carbocycles. The molecule has 12 heavy (non-hydrogen) atoms. The second kappa shape index (κ2) is 3.44. The van der Waals surface area contributed by atoms with Gasteiger partial charge in [0.25, 0.3) is 22.6 Å². The van der Waals surface area contributed by atoms with Crippen LogP contribution in [0.15, 0.2) is 0 Å². The molecular weight excluding hydrogens is 147 g/mol. The quantitative estimate of drug-likeness (QED) is 0.415. The predicted octanol–water partition coefficient (Wildman–Crippen LogP) is -1.24. The predicted molar refractivity (Wildman–Crippen MR) is 58.6 cm³/mol. The van der Waals surface area contributed by atoms with Crippen LogP contribution in [0, 0.1) is 0 Å². The van der Waals surface area contributed by atoms with Crippen LogP contribution in [0.2, 0.25) is 0 Å². The molecule has 1 fully saturated rings. The Morgan fingerprint density at radius 2 is 1.25 bits per heavy atom. The van der Waals surface area contributed by atoms with Crippen LogP contribution in [0.3, 0.4) is 0 Å². The van der Waals surface area contributed by atoms with E-state index in [0.29, 0.717) is 0 Å². The fourth-order valence-corrected chi connectivity index (χ4v) is 1.55. The van der Waals surface area contributed by atoms with Gasteiger partial charge in [-0.15, -0.1) is 0 Å². The van der Waals surface area contributed by atoms with E-state index >= 15 is 0 Å². The molecular formula is C6H18B3N3. The van der Waals surface area contributed by atoms with E-state index in [9.17, 15) is 0 Å². The van der Waals surface area contributed by atoms with E-state index in [1.54, 1.807) is 0 Å². The SMILES string of the molecule is CN1BN(C)BN(C(C)(C)C)B1. The van der Waals surface area contributed by atoms with Gasteiger partial charge in [0.2, 0.25) is 0 Å². The summed E-state index contributed by atoms with van der Waals surface area (Å²) in [7, 11) is 7.55. The maximum absolute atomic E-state index is 2.47. The first kappa shape index (κ1) is 10.2. The minimum absolute atomic E-state index is 0.281. The fraction of sp³-hybridized carbons (Fsp3) is 1.00. The van der Waals surface area contributed by atoms with E-state index in [1.807, 2.05) is 0 Å². The lowest BCUT2D eigenvalue weighted by molar-refractivity contribution is 0.343. The normalized spacial score (nSPS) is 22.8. The monoisotopic (exact) mass is 165 g/mol. The Morgan fingerprint density at radius 1 is 0.833 bits per heavy atom. The molecule has 1 heterocycles. The van der Waals surface area contributed by atoms with Crippen molar-refractivity contribution in [1.29, 1.82) is 0 Å². The molecule has 1 aliphatic heterocycles. The van der Waals surface area contributed by atoms with Gasteiger partial charge in [-0.1, -0.05) is 0 Å². The molecule has 3 nitrogen and oxygen atoms in total. The highest BCUT2D eigenvalue weighted by Crippen LogP contribution is 2.13. The molecule has 0 N–H and O–H groups in total. The summed E-state index contributed by atoms with van der Waals surface area (Å²) >= 11 is 0. The van der Waals surface area contributed by atoms with Crippen LogP contribution in [0.5, 0.6) is 0 Å². The average molecular weight is 165 g/mol. The summed E-state index contributed by atoms with van der Waals surface area (Å²) in [6.07, 6.45) is 0. The zero-order chi connectivity index (χ0) is 9.35. The average Bonchev–Trinajstić information content (AvgIpc) is 1.82. The third-order valence-electron chi connectivity index (χ3n) is 2.26. The van der Waals surface area contributed by atoms with Crippen LogP contribution in [-0.4, -0.2) is 56.4 Å². The highest BCUT2D eigenvalue weighted by molar-refractivity contribution is 6.64. The topological polar surface area (TPSA) is 9.72 Å². The van der Waals surface area contributed by atoms with Crippen LogP contribution < -0.4 is 0 Å². The molecule has 6 heteroatoms. The van der Waals surface area contributed by atoms with Gasteiger partial charge in [-0.2, -0.15) is 0 Å². The Labute approximate surface area is 77.9 Å². The molecule has 0 aromatic rings. The lowest BCUT2D eigenvalue weighted by atomic mass is 9.71. The third-order valence-corrected chi connectivity index (χ3v) is 2.26. The van der Waals surface area contributed by atoms with Crippen molar-refractivity contribution >= 4 is 22.6 Å². The van der Waals surface area contributed by atoms with E-state index < -0.39 is 0 Å². The Hall–Kier alpha value is 0.0748. The van der Waals surface area contributed by atoms with E-state index in [0.717, 1.165) is 22.6 Å². The van der Waals surface area contributed by atoms with Crippen molar-refractivity contribution in [1.82, 2.24) is 14.2 Å². The van der Waals surface area contributed by atoms with Crippen molar-refractivity contribution < 1.29 is 0 Å². The van der Waals surface area contributed by atoms with E-state index in [2.05, 4.69) is 49.0 Å². The van der Waals surface area contributed by atoms with Gasteiger partial charge < -0.3 is 14.2 Å². The van der Waals surface area contributed by atoms with Crippen molar-refractivity contribution in [3.05, 3.63) is 0 Å². The van der Waals surface area contributed by atoms with Gasteiger partial charge in [-0.3, -0.25) is 0 Å². The lowest BCUT2D eigenvalue weighted by Crippen LogP contribution is -2.63. The molecule has 0 bridgehead atoms. The standard InChI is InChI=1S/C6H18B3N3/c1-6(2,3)12-8-10(4)7-11(5)9-12/h7-9H,1-5H3. The van der Waals surface area contributed by atoms with Crippen LogP contribution in [-0.2, 0) is 0 Å². The molecule has 0 aromatic heterocycles. The Kier molecular flexibility index (Phi) is 2.91. The number of nitrogens with zero attached hydrogens (tertiary/aromatic N) is 3. The maximum Gasteiger partial charge on any atom is 0.270 e. The molecule has 0 atom stereocenters. The molecule has 0 radical (unpaired) electrons. The highest BCUT2D eigenvalue weighted by Gasteiger charge is 2.30. The molecule has 66 valence electrons. The Balaban J connectivity index is 2.55. The van der Waals surface area contributed by atoms with Crippen molar-refractivity contribution in [3.63, 3.8) is 0 Å². The summed E-state index contributed by atoms with van der Waals surface area (Å²) in [5.41, 5.74) is 0.281. The van der Waals surface area contributed by atoms with Crippen molar-refractivity contribution in [2.45, 2.75) is 26.3 Å². The summed E-state index contributed by atoms with van der Waals surface area (Å²) in [6, 6.07) is 0. The van der Waals surface area contributed by atoms with Gasteiger partial charge in [-0.25, -0.2) is 0 Å². The molecule has 0 saturated carbocycles. The second-order valence-electron chi connectivity index (χ2n) is 4.85. The summed E-state index contributed by atoms with van der Waals surface area (Å²) in [5.74, 6) is 0. The summed E-state index contributed by atoms with van der Waals surface area (Å²) < 4.78 is 7.12. The van der Waals surface area contributed by atoms with Crippen molar-refractivity contribution in [2.75, 3.05) is 14.1 Å². The second-order valence-corrected chi connectivity index (χ2v) is 4.85. The molecule has 0 spiro atoms. The zero-order valence-corrected chi connectivity index (χ0v) is 8.96. The van der Waals surface area contributed by atoms with Crippen molar-refractivity contribution in [2.24, 2.45) is 0 Å². The third kappa shape index (κ3) is 2.54. The molecule has 0 amide bonds. The van der Waals surface area contributed by atoms with Crippen LogP contribution in [0.25, 0.3) is 0 Å². The van der Waals surface area contributed by atoms with Gasteiger partial charge in [0.15, 0.2) is 0 Å². The minimum Gasteiger partial charge on any atom is -0.366 e. The van der Waals surface area contributed by atoms with Crippen molar-refractivity contribution in [3.8, 4) is 0 Å². The first-order valence-electron chi connectivity index (χ1n) is 4.52.